The Hall–Kier alpha value is -1.92. The van der Waals surface area contributed by atoms with Crippen molar-refractivity contribution in [1.29, 1.82) is 0 Å². The molecule has 6 nitrogen and oxygen atoms in total. The molecule has 0 aliphatic carbocycles. The van der Waals surface area contributed by atoms with Gasteiger partial charge in [-0.15, -0.1) is 0 Å². The van der Waals surface area contributed by atoms with E-state index in [0.717, 1.165) is 4.57 Å². The summed E-state index contributed by atoms with van der Waals surface area (Å²) in [7, 11) is 0. The number of aryl methyl sites for hydroxylation is 1. The lowest BCUT2D eigenvalue weighted by Crippen LogP contribution is -2.45. The van der Waals surface area contributed by atoms with Gasteiger partial charge in [-0.1, -0.05) is 23.2 Å². The zero-order chi connectivity index (χ0) is 16.9. The number of hydrogen-bond acceptors (Lipinski definition) is 4. The third-order valence-electron chi connectivity index (χ3n) is 3.43. The van der Waals surface area contributed by atoms with Crippen molar-refractivity contribution in [3.8, 4) is 0 Å². The fourth-order valence-electron chi connectivity index (χ4n) is 2.46. The fourth-order valence-corrected chi connectivity index (χ4v) is 3.00. The van der Waals surface area contributed by atoms with E-state index in [1.807, 2.05) is 0 Å². The van der Waals surface area contributed by atoms with E-state index in [0.29, 0.717) is 0 Å². The minimum Gasteiger partial charge on any atom is -0.295 e. The van der Waals surface area contributed by atoms with Crippen LogP contribution in [0.25, 0.3) is 10.9 Å². The summed E-state index contributed by atoms with van der Waals surface area (Å²) >= 11 is 12.0. The molecule has 1 saturated heterocycles. The Morgan fingerprint density at radius 3 is 2.77 bits per heavy atom. The van der Waals surface area contributed by atoms with Gasteiger partial charge in [-0.2, -0.15) is 0 Å². The highest BCUT2D eigenvalue weighted by Gasteiger charge is 2.30. The molecule has 0 radical (unpaired) electrons. The second-order valence-corrected chi connectivity index (χ2v) is 5.75. The molecule has 0 bridgehead atoms. The van der Waals surface area contributed by atoms with E-state index >= 15 is 0 Å². The molecule has 3 rings (SSSR count). The first-order chi connectivity index (χ1) is 10.7. The minimum absolute atomic E-state index is 0.0323. The molecule has 1 N–H and O–H groups in total. The van der Waals surface area contributed by atoms with Gasteiger partial charge in [0.2, 0.25) is 11.8 Å². The summed E-state index contributed by atoms with van der Waals surface area (Å²) in [6.45, 7) is 1.51. The summed E-state index contributed by atoms with van der Waals surface area (Å²) in [4.78, 5) is 40.5. The molecule has 1 aliphatic rings. The topological polar surface area (TPSA) is 81.1 Å². The number of carbonyl (C=O) groups excluding carboxylic acids is 2. The van der Waals surface area contributed by atoms with Gasteiger partial charge < -0.3 is 0 Å². The van der Waals surface area contributed by atoms with Crippen LogP contribution in [-0.2, 0) is 9.59 Å². The van der Waals surface area contributed by atoms with Crippen LogP contribution in [0.5, 0.6) is 0 Å². The van der Waals surface area contributed by atoms with E-state index in [9.17, 15) is 14.4 Å². The molecule has 1 fully saturated rings. The molecular formula is C14H11Cl2N3O3. The van der Waals surface area contributed by atoms with E-state index in [4.69, 9.17) is 24.6 Å². The molecule has 0 spiro atoms. The summed E-state index contributed by atoms with van der Waals surface area (Å²) in [6.07, 6.45) is -0.143. The number of nitrogens with zero attached hydrogens (tertiary/aromatic N) is 2. The van der Waals surface area contributed by atoms with Gasteiger partial charge in [-0.05, 0) is 25.5 Å². The Labute approximate surface area is 136 Å². The first-order valence-corrected chi connectivity index (χ1v) is 7.23. The highest BCUT2D eigenvalue weighted by atomic mass is 35.5. The van der Waals surface area contributed by atoms with Crippen molar-refractivity contribution in [3.05, 3.63) is 38.4 Å². The molecule has 0 unspecified atom stereocenters. The Bertz CT molecular complexity index is 928. The van der Waals surface area contributed by atoms with Gasteiger partial charge in [-0.3, -0.25) is 24.3 Å². The van der Waals surface area contributed by atoms with Crippen molar-refractivity contribution in [2.45, 2.75) is 25.8 Å². The monoisotopic (exact) mass is 340 g/mol. The summed E-state index contributed by atoms with van der Waals surface area (Å²) in [5.74, 6) is -1.16. The van der Waals surface area contributed by atoms with Crippen molar-refractivity contribution < 1.29 is 11.0 Å². The first-order valence-electron chi connectivity index (χ1n) is 6.97. The van der Waals surface area contributed by atoms with E-state index in [-0.39, 0.29) is 39.6 Å². The Kier molecular flexibility index (Phi) is 3.35. The van der Waals surface area contributed by atoms with Crippen molar-refractivity contribution in [2.24, 2.45) is 0 Å². The van der Waals surface area contributed by atoms with Crippen LogP contribution in [0, 0.1) is 6.92 Å². The van der Waals surface area contributed by atoms with Gasteiger partial charge in [-0.25, -0.2) is 4.98 Å². The normalized spacial score (nSPS) is 22.6. The molecule has 2 aromatic rings. The lowest BCUT2D eigenvalue weighted by atomic mass is 10.1. The number of benzene rings is 1. The summed E-state index contributed by atoms with van der Waals surface area (Å²) < 4.78 is 9.39. The van der Waals surface area contributed by atoms with Gasteiger partial charge in [0.05, 0.1) is 17.3 Å². The number of halogens is 2. The number of aromatic nitrogens is 2. The Balaban J connectivity index is 2.32. The molecule has 0 saturated carbocycles. The molecule has 2 heterocycles. The van der Waals surface area contributed by atoms with Gasteiger partial charge in [0, 0.05) is 11.4 Å². The van der Waals surface area contributed by atoms with Crippen molar-refractivity contribution in [1.82, 2.24) is 14.9 Å². The molecule has 1 aromatic carbocycles. The third kappa shape index (κ3) is 2.38. The highest BCUT2D eigenvalue weighted by molar-refractivity contribution is 6.38. The molecule has 2 amide bonds. The maximum Gasteiger partial charge on any atom is 0.262 e. The van der Waals surface area contributed by atoms with Gasteiger partial charge in [0.15, 0.2) is 0 Å². The average molecular weight is 341 g/mol. The molecule has 1 atom stereocenters. The maximum atomic E-state index is 12.8. The van der Waals surface area contributed by atoms with E-state index in [2.05, 4.69) is 10.3 Å². The number of piperidine rings is 1. The quantitative estimate of drug-likeness (QED) is 0.805. The lowest BCUT2D eigenvalue weighted by molar-refractivity contribution is -0.135. The van der Waals surface area contributed by atoms with Crippen LogP contribution < -0.4 is 10.9 Å². The molecule has 114 valence electrons. The second kappa shape index (κ2) is 5.37. The van der Waals surface area contributed by atoms with Crippen LogP contribution in [0.15, 0.2) is 16.9 Å². The number of hydrogen-bond donors (Lipinski definition) is 1. The number of carbonyl (C=O) groups is 2. The van der Waals surface area contributed by atoms with Gasteiger partial charge in [0.1, 0.15) is 11.8 Å². The predicted molar refractivity (Wildman–Crippen MR) is 82.2 cm³/mol. The van der Waals surface area contributed by atoms with Gasteiger partial charge >= 0.3 is 0 Å². The standard InChI is InChI=1S/C14H11Cl2N3O3/c1-6-17-12-8(4-7(15)5-9(12)16)14(22)19(6)10-2-3-11(20)18-13(10)21/h4-5,10H,2-3H2,1H3,(H,18,20,21)/t10-/m0/s1/i10D. The molecule has 8 heteroatoms. The fraction of sp³-hybridized carbons (Fsp3) is 0.286. The summed E-state index contributed by atoms with van der Waals surface area (Å²) in [6, 6.07) is 0.915. The predicted octanol–water partition coefficient (Wildman–Crippen LogP) is 1.99. The largest absolute Gasteiger partial charge is 0.295 e. The second-order valence-electron chi connectivity index (χ2n) is 4.91. The van der Waals surface area contributed by atoms with Crippen LogP contribution in [0.4, 0.5) is 0 Å². The van der Waals surface area contributed by atoms with Crippen LogP contribution in [0.3, 0.4) is 0 Å². The van der Waals surface area contributed by atoms with Crippen molar-refractivity contribution in [3.63, 3.8) is 0 Å². The zero-order valence-corrected chi connectivity index (χ0v) is 13.0. The van der Waals surface area contributed by atoms with Crippen LogP contribution in [0.1, 0.15) is 26.1 Å². The zero-order valence-electron chi connectivity index (χ0n) is 12.4. The first kappa shape index (κ1) is 13.7. The SMILES string of the molecule is [2H][C@]1(n2c(C)nc3c(Cl)cc(Cl)cc3c2=O)CCC(=O)NC1=O. The van der Waals surface area contributed by atoms with Crippen LogP contribution in [-0.4, -0.2) is 21.4 Å². The number of imide groups is 1. The van der Waals surface area contributed by atoms with E-state index in [1.54, 1.807) is 0 Å². The number of nitrogens with one attached hydrogen (secondary N) is 1. The Morgan fingerprint density at radius 1 is 1.36 bits per heavy atom. The number of fused-ring (bicyclic) bond motifs is 1. The van der Waals surface area contributed by atoms with E-state index in [1.165, 1.54) is 19.1 Å². The van der Waals surface area contributed by atoms with Crippen molar-refractivity contribution in [2.75, 3.05) is 0 Å². The lowest BCUT2D eigenvalue weighted by Gasteiger charge is -2.24. The molecule has 1 aromatic heterocycles. The molecule has 1 aliphatic heterocycles. The van der Waals surface area contributed by atoms with Crippen molar-refractivity contribution >= 4 is 45.9 Å². The molecule has 22 heavy (non-hydrogen) atoms. The third-order valence-corrected chi connectivity index (χ3v) is 3.94. The van der Waals surface area contributed by atoms with Crippen LogP contribution >= 0.6 is 23.2 Å². The maximum absolute atomic E-state index is 12.8. The summed E-state index contributed by atoms with van der Waals surface area (Å²) in [5, 5.41) is 2.66. The smallest absolute Gasteiger partial charge is 0.262 e. The molecular weight excluding hydrogens is 329 g/mol. The minimum atomic E-state index is -1.94. The highest BCUT2D eigenvalue weighted by Crippen LogP contribution is 2.26. The van der Waals surface area contributed by atoms with E-state index < -0.39 is 23.4 Å². The number of amides is 2. The summed E-state index contributed by atoms with van der Waals surface area (Å²) in [5.41, 5.74) is -0.345. The number of rotatable bonds is 1. The van der Waals surface area contributed by atoms with Gasteiger partial charge in [0.25, 0.3) is 5.56 Å². The Morgan fingerprint density at radius 2 is 2.09 bits per heavy atom. The average Bonchev–Trinajstić information content (AvgIpc) is 2.45. The van der Waals surface area contributed by atoms with Crippen LogP contribution in [0.2, 0.25) is 10.0 Å².